The van der Waals surface area contributed by atoms with Crippen LogP contribution in [0.2, 0.25) is 0 Å². The van der Waals surface area contributed by atoms with E-state index in [1.54, 1.807) is 0 Å². The lowest BCUT2D eigenvalue weighted by molar-refractivity contribution is -0.0551. The highest BCUT2D eigenvalue weighted by molar-refractivity contribution is 5.99. The molecule has 45 heavy (non-hydrogen) atoms. The summed E-state index contributed by atoms with van der Waals surface area (Å²) in [5.41, 5.74) is 9.00. The number of rotatable bonds is 8. The van der Waals surface area contributed by atoms with E-state index < -0.39 is 0 Å². The Balaban J connectivity index is 1.31. The summed E-state index contributed by atoms with van der Waals surface area (Å²) in [6, 6.07) is 42.8. The fraction of sp³-hybridized carbons (Fsp3) is 0.349. The number of methoxy groups -OCH3 is 1. The maximum atomic E-state index is 6.68. The van der Waals surface area contributed by atoms with Crippen LogP contribution in [0.5, 0.6) is 0 Å². The molecule has 228 valence electrons. The number of fused-ring (bicyclic) bond motifs is 3. The molecule has 2 bridgehead atoms. The fourth-order valence-electron chi connectivity index (χ4n) is 9.42. The van der Waals surface area contributed by atoms with Crippen LogP contribution in [0.15, 0.2) is 115 Å². The topological polar surface area (TPSA) is 12.5 Å². The third-order valence-electron chi connectivity index (χ3n) is 11.5. The first-order valence-corrected chi connectivity index (χ1v) is 17.4. The van der Waals surface area contributed by atoms with Crippen molar-refractivity contribution in [2.45, 2.75) is 69.8 Å². The zero-order valence-corrected chi connectivity index (χ0v) is 26.6. The molecule has 0 spiro atoms. The molecule has 0 saturated heterocycles. The highest BCUT2D eigenvalue weighted by atomic mass is 16.5. The van der Waals surface area contributed by atoms with Gasteiger partial charge in [0.15, 0.2) is 0 Å². The van der Waals surface area contributed by atoms with Crippen LogP contribution in [0, 0.1) is 17.8 Å². The monoisotopic (exact) mass is 591 g/mol. The van der Waals surface area contributed by atoms with E-state index in [1.807, 2.05) is 7.11 Å². The van der Waals surface area contributed by atoms with Crippen LogP contribution in [0.3, 0.4) is 0 Å². The highest BCUT2D eigenvalue weighted by Gasteiger charge is 2.56. The van der Waals surface area contributed by atoms with Gasteiger partial charge in [0.2, 0.25) is 0 Å². The van der Waals surface area contributed by atoms with Crippen LogP contribution < -0.4 is 4.90 Å². The van der Waals surface area contributed by atoms with Gasteiger partial charge < -0.3 is 9.64 Å². The Morgan fingerprint density at radius 3 is 2.07 bits per heavy atom. The van der Waals surface area contributed by atoms with E-state index in [-0.39, 0.29) is 5.60 Å². The average molecular weight is 592 g/mol. The number of hydrogen-bond acceptors (Lipinski definition) is 2. The second kappa shape index (κ2) is 12.1. The van der Waals surface area contributed by atoms with Gasteiger partial charge >= 0.3 is 0 Å². The molecule has 2 heteroatoms. The molecule has 3 aliphatic carbocycles. The largest absolute Gasteiger partial charge is 0.373 e. The molecule has 0 amide bonds. The minimum atomic E-state index is -0.125. The van der Waals surface area contributed by atoms with E-state index in [2.05, 4.69) is 120 Å². The van der Waals surface area contributed by atoms with Crippen molar-refractivity contribution in [1.82, 2.24) is 0 Å². The Morgan fingerprint density at radius 2 is 1.29 bits per heavy atom. The van der Waals surface area contributed by atoms with Crippen LogP contribution in [0.4, 0.5) is 17.1 Å². The van der Waals surface area contributed by atoms with Crippen molar-refractivity contribution in [1.29, 1.82) is 0 Å². The number of hydrogen-bond donors (Lipinski definition) is 0. The predicted molar refractivity (Wildman–Crippen MR) is 188 cm³/mol. The third-order valence-corrected chi connectivity index (χ3v) is 11.5. The maximum Gasteiger partial charge on any atom is 0.0986 e. The van der Waals surface area contributed by atoms with Crippen molar-refractivity contribution < 1.29 is 4.74 Å². The molecule has 5 aromatic carbocycles. The normalized spacial score (nSPS) is 23.0. The Labute approximate surface area is 269 Å². The van der Waals surface area contributed by atoms with Crippen LogP contribution in [0.1, 0.15) is 68.9 Å². The fourth-order valence-corrected chi connectivity index (χ4v) is 9.42. The minimum absolute atomic E-state index is 0.125. The van der Waals surface area contributed by atoms with Gasteiger partial charge in [0.05, 0.1) is 11.3 Å². The second-order valence-electron chi connectivity index (χ2n) is 13.8. The summed E-state index contributed by atoms with van der Waals surface area (Å²) in [5, 5.41) is 2.53. The lowest BCUT2D eigenvalue weighted by Gasteiger charge is -2.37. The van der Waals surface area contributed by atoms with Crippen LogP contribution >= 0.6 is 0 Å². The molecule has 0 aliphatic heterocycles. The number of ether oxygens (including phenoxy) is 1. The smallest absolute Gasteiger partial charge is 0.0986 e. The minimum Gasteiger partial charge on any atom is -0.373 e. The molecule has 0 aromatic heterocycles. The SMILES string of the molecule is COC1(c2ccc(N(c3cccc(-c4ccccc4)c3)c3cccc4ccccc34)cc2CC2CCCCC2)C2CCC1CC2. The van der Waals surface area contributed by atoms with Gasteiger partial charge in [-0.05, 0) is 108 Å². The van der Waals surface area contributed by atoms with Crippen molar-refractivity contribution in [3.63, 3.8) is 0 Å². The summed E-state index contributed by atoms with van der Waals surface area (Å²) < 4.78 is 6.68. The van der Waals surface area contributed by atoms with Crippen molar-refractivity contribution >= 4 is 27.8 Å². The molecule has 0 radical (unpaired) electrons. The molecule has 3 saturated carbocycles. The summed E-state index contributed by atoms with van der Waals surface area (Å²) >= 11 is 0. The molecule has 0 heterocycles. The van der Waals surface area contributed by atoms with Crippen LogP contribution in [0.25, 0.3) is 21.9 Å². The van der Waals surface area contributed by atoms with Gasteiger partial charge in [-0.1, -0.05) is 117 Å². The van der Waals surface area contributed by atoms with E-state index in [9.17, 15) is 0 Å². The van der Waals surface area contributed by atoms with E-state index in [4.69, 9.17) is 4.74 Å². The van der Waals surface area contributed by atoms with Crippen molar-refractivity contribution in [3.05, 3.63) is 126 Å². The first kappa shape index (κ1) is 28.6. The highest BCUT2D eigenvalue weighted by Crippen LogP contribution is 2.60. The van der Waals surface area contributed by atoms with Gasteiger partial charge in [0, 0.05) is 23.9 Å². The Hall–Kier alpha value is -3.88. The van der Waals surface area contributed by atoms with Gasteiger partial charge in [-0.15, -0.1) is 0 Å². The van der Waals surface area contributed by atoms with E-state index in [1.165, 1.54) is 108 Å². The summed E-state index contributed by atoms with van der Waals surface area (Å²) in [7, 11) is 1.99. The molecule has 0 unspecified atom stereocenters. The van der Waals surface area contributed by atoms with Gasteiger partial charge in [0.1, 0.15) is 0 Å². The van der Waals surface area contributed by atoms with Crippen molar-refractivity contribution in [2.24, 2.45) is 17.8 Å². The lowest BCUT2D eigenvalue weighted by atomic mass is 9.77. The molecule has 3 aliphatic rings. The zero-order valence-electron chi connectivity index (χ0n) is 26.6. The van der Waals surface area contributed by atoms with Gasteiger partial charge in [0.25, 0.3) is 0 Å². The average Bonchev–Trinajstić information content (AvgIpc) is 3.65. The molecular weight excluding hydrogens is 546 g/mol. The first-order valence-electron chi connectivity index (χ1n) is 17.4. The Kier molecular flexibility index (Phi) is 7.71. The summed E-state index contributed by atoms with van der Waals surface area (Å²) in [4.78, 5) is 2.51. The lowest BCUT2D eigenvalue weighted by Crippen LogP contribution is -2.35. The van der Waals surface area contributed by atoms with Gasteiger partial charge in [-0.2, -0.15) is 0 Å². The molecule has 2 nitrogen and oxygen atoms in total. The van der Waals surface area contributed by atoms with E-state index in [0.717, 1.165) is 12.3 Å². The standard InChI is InChI=1S/C43H45NO/c1-45-43(36-22-23-37(43)25-24-36)41-27-26-39(30-35(41)28-31-12-4-2-5-13-31)44(42-21-11-17-33-16-8-9-20-40(33)42)38-19-10-18-34(29-38)32-14-6-3-7-15-32/h3,6-11,14-21,26-27,29-31,36-37H,2,4-5,12-13,22-25,28H2,1H3. The predicted octanol–water partition coefficient (Wildman–Crippen LogP) is 11.8. The third kappa shape index (κ3) is 5.08. The second-order valence-corrected chi connectivity index (χ2v) is 13.8. The molecule has 0 N–H and O–H groups in total. The molecule has 5 aromatic rings. The van der Waals surface area contributed by atoms with E-state index >= 15 is 0 Å². The summed E-state index contributed by atoms with van der Waals surface area (Å²) in [5.74, 6) is 2.04. The molecule has 0 atom stereocenters. The number of benzene rings is 5. The summed E-state index contributed by atoms with van der Waals surface area (Å²) in [6.45, 7) is 0. The van der Waals surface area contributed by atoms with Crippen molar-refractivity contribution in [2.75, 3.05) is 12.0 Å². The summed E-state index contributed by atoms with van der Waals surface area (Å²) in [6.07, 6.45) is 13.2. The zero-order chi connectivity index (χ0) is 30.2. The Bertz CT molecular complexity index is 1760. The number of anilines is 3. The molecule has 3 fully saturated rings. The molecular formula is C43H45NO. The maximum absolute atomic E-state index is 6.68. The number of nitrogens with zero attached hydrogens (tertiary/aromatic N) is 1. The van der Waals surface area contributed by atoms with E-state index in [0.29, 0.717) is 11.8 Å². The molecule has 8 rings (SSSR count). The van der Waals surface area contributed by atoms with Crippen molar-refractivity contribution in [3.8, 4) is 11.1 Å². The van der Waals surface area contributed by atoms with Gasteiger partial charge in [-0.3, -0.25) is 0 Å². The van der Waals surface area contributed by atoms with Crippen LogP contribution in [-0.2, 0) is 16.8 Å². The quantitative estimate of drug-likeness (QED) is 0.178. The Morgan fingerprint density at radius 1 is 0.622 bits per heavy atom. The van der Waals surface area contributed by atoms with Crippen LogP contribution in [-0.4, -0.2) is 7.11 Å². The van der Waals surface area contributed by atoms with Gasteiger partial charge in [-0.25, -0.2) is 0 Å². The first-order chi connectivity index (χ1) is 22.2.